The van der Waals surface area contributed by atoms with Crippen molar-refractivity contribution < 1.29 is 32.5 Å². The summed E-state index contributed by atoms with van der Waals surface area (Å²) >= 11 is 0. The summed E-state index contributed by atoms with van der Waals surface area (Å²) in [5, 5.41) is 4.71. The van der Waals surface area contributed by atoms with Crippen molar-refractivity contribution in [2.24, 2.45) is 0 Å². The van der Waals surface area contributed by atoms with Gasteiger partial charge in [-0.05, 0) is 55.5 Å². The number of pyridine rings is 1. The number of likely N-dealkylation sites (N-methyl/N-ethyl adjacent to an activating group) is 1. The lowest BCUT2D eigenvalue weighted by atomic mass is 10.1. The maximum Gasteiger partial charge on any atom is 0.477 e. The summed E-state index contributed by atoms with van der Waals surface area (Å²) in [6, 6.07) is 0. The number of fused-ring (bicyclic) bond motifs is 1. The number of hydrogen-bond acceptors (Lipinski definition) is 11. The molecule has 4 heterocycles. The molecule has 0 atom stereocenters. The first-order valence-corrected chi connectivity index (χ1v) is 15.1. The van der Waals surface area contributed by atoms with Crippen LogP contribution < -0.4 is 4.74 Å². The van der Waals surface area contributed by atoms with Crippen molar-refractivity contribution in [1.82, 2.24) is 34.1 Å². The molecule has 0 unspecified atom stereocenters. The van der Waals surface area contributed by atoms with Crippen molar-refractivity contribution >= 4 is 30.4 Å². The number of phosphoric acid groups is 1. The molecule has 14 nitrogen and oxygen atoms in total. The molecule has 1 amide bonds. The largest absolute Gasteiger partial charge is 0.494 e. The number of aryl methyl sites for hydroxylation is 1. The maximum absolute atomic E-state index is 13.8. The fraction of sp³-hybridized carbons (Fsp3) is 0.593. The van der Waals surface area contributed by atoms with Crippen LogP contribution in [-0.2, 0) is 29.7 Å². The Hall–Kier alpha value is -3.16. The number of Topliss-reactive ketones (excluding diaryl/α,β-unsaturated/α-hetero) is 1. The van der Waals surface area contributed by atoms with E-state index in [0.29, 0.717) is 48.7 Å². The minimum absolute atomic E-state index is 0.0816. The number of carbonyl (C=O) groups excluding carboxylic acids is 2. The number of nitrogens with zero attached hydrogens (tertiary/aromatic N) is 7. The minimum atomic E-state index is -4.14. The molecule has 1 aliphatic rings. The van der Waals surface area contributed by atoms with Gasteiger partial charge in [0.25, 0.3) is 11.7 Å². The highest BCUT2D eigenvalue weighted by atomic mass is 31.2. The van der Waals surface area contributed by atoms with Gasteiger partial charge >= 0.3 is 7.82 Å². The highest BCUT2D eigenvalue weighted by Gasteiger charge is 2.38. The monoisotopic (exact) mass is 605 g/mol. The number of carbonyl (C=O) groups is 2. The molecule has 1 aliphatic heterocycles. The lowest BCUT2D eigenvalue weighted by Gasteiger charge is -2.31. The fourth-order valence-electron chi connectivity index (χ4n) is 4.48. The Morgan fingerprint density at radius 3 is 2.14 bits per heavy atom. The number of piperazine rings is 1. The number of ether oxygens (including phenoxy) is 1. The normalized spacial score (nSPS) is 15.4. The second-order valence-electron chi connectivity index (χ2n) is 12.2. The van der Waals surface area contributed by atoms with E-state index in [1.807, 2.05) is 7.05 Å². The highest BCUT2D eigenvalue weighted by Crippen LogP contribution is 2.55. The number of ketones is 1. The molecule has 230 valence electrons. The first kappa shape index (κ1) is 31.8. The third-order valence-electron chi connectivity index (χ3n) is 6.24. The van der Waals surface area contributed by atoms with Crippen LogP contribution in [0.3, 0.4) is 0 Å². The van der Waals surface area contributed by atoms with E-state index in [1.165, 1.54) is 35.1 Å². The summed E-state index contributed by atoms with van der Waals surface area (Å²) in [4.78, 5) is 39.5. The van der Waals surface area contributed by atoms with E-state index in [0.717, 1.165) is 0 Å². The third-order valence-corrected chi connectivity index (χ3v) is 8.21. The summed E-state index contributed by atoms with van der Waals surface area (Å²) in [7, 11) is -0.728. The molecular weight excluding hydrogens is 565 g/mol. The number of phosphoric ester groups is 1. The summed E-state index contributed by atoms with van der Waals surface area (Å²) < 4.78 is 39.8. The van der Waals surface area contributed by atoms with Gasteiger partial charge in [-0.1, -0.05) is 0 Å². The van der Waals surface area contributed by atoms with Gasteiger partial charge in [-0.3, -0.25) is 23.2 Å². The van der Waals surface area contributed by atoms with Crippen LogP contribution in [0.2, 0.25) is 0 Å². The zero-order chi connectivity index (χ0) is 31.0. The van der Waals surface area contributed by atoms with Crippen molar-refractivity contribution in [1.29, 1.82) is 0 Å². The molecule has 3 aromatic heterocycles. The molecule has 0 aliphatic carbocycles. The van der Waals surface area contributed by atoms with Gasteiger partial charge in [0.15, 0.2) is 5.82 Å². The quantitative estimate of drug-likeness (QED) is 0.200. The Bertz CT molecular complexity index is 1490. The van der Waals surface area contributed by atoms with Gasteiger partial charge in [-0.15, -0.1) is 0 Å². The molecular formula is C27H40N7O7P. The summed E-state index contributed by atoms with van der Waals surface area (Å²) in [6.07, 6.45) is 4.40. The Morgan fingerprint density at radius 1 is 1.00 bits per heavy atom. The van der Waals surface area contributed by atoms with Crippen LogP contribution in [0.4, 0.5) is 0 Å². The van der Waals surface area contributed by atoms with Crippen LogP contribution in [-0.4, -0.2) is 97.3 Å². The molecule has 0 bridgehead atoms. The molecule has 1 fully saturated rings. The van der Waals surface area contributed by atoms with E-state index in [2.05, 4.69) is 20.0 Å². The topological polar surface area (TPSA) is 143 Å². The molecule has 0 aromatic carbocycles. The zero-order valence-corrected chi connectivity index (χ0v) is 26.6. The number of methoxy groups -OCH3 is 1. The lowest BCUT2D eigenvalue weighted by Crippen LogP contribution is -2.49. The minimum Gasteiger partial charge on any atom is -0.494 e. The average molecular weight is 606 g/mol. The van der Waals surface area contributed by atoms with Crippen LogP contribution in [0, 0.1) is 6.92 Å². The number of amides is 1. The average Bonchev–Trinajstić information content (AvgIpc) is 3.48. The molecule has 42 heavy (non-hydrogen) atoms. The SMILES string of the molecule is COc1cnc(-n2cnc(C)n2)c2c1c(C(=O)C(=O)N1CCN(C)CC1)cn2COP(=O)(OC(C)(C)C)OC(C)(C)C. The van der Waals surface area contributed by atoms with Gasteiger partial charge in [0.1, 0.15) is 30.1 Å². The van der Waals surface area contributed by atoms with Gasteiger partial charge in [0.05, 0.1) is 35.5 Å². The van der Waals surface area contributed by atoms with Crippen LogP contribution >= 0.6 is 7.82 Å². The van der Waals surface area contributed by atoms with Gasteiger partial charge in [-0.25, -0.2) is 19.2 Å². The molecule has 0 saturated carbocycles. The van der Waals surface area contributed by atoms with Crippen molar-refractivity contribution in [2.75, 3.05) is 40.3 Å². The number of rotatable bonds is 9. The number of hydrogen-bond donors (Lipinski definition) is 0. The Kier molecular flexibility index (Phi) is 8.96. The van der Waals surface area contributed by atoms with E-state index < -0.39 is 30.7 Å². The molecule has 1 saturated heterocycles. The lowest BCUT2D eigenvalue weighted by molar-refractivity contribution is -0.127. The predicted octanol–water partition coefficient (Wildman–Crippen LogP) is 3.60. The van der Waals surface area contributed by atoms with Crippen LogP contribution in [0.1, 0.15) is 57.7 Å². The molecule has 15 heteroatoms. The maximum atomic E-state index is 13.8. The Labute approximate surface area is 245 Å². The first-order chi connectivity index (χ1) is 19.5. The van der Waals surface area contributed by atoms with E-state index >= 15 is 0 Å². The Morgan fingerprint density at radius 2 is 1.62 bits per heavy atom. The second-order valence-corrected chi connectivity index (χ2v) is 13.7. The van der Waals surface area contributed by atoms with Crippen molar-refractivity contribution in [3.63, 3.8) is 0 Å². The van der Waals surface area contributed by atoms with E-state index in [9.17, 15) is 14.2 Å². The van der Waals surface area contributed by atoms with E-state index in [1.54, 1.807) is 53.4 Å². The second kappa shape index (κ2) is 11.8. The van der Waals surface area contributed by atoms with Crippen LogP contribution in [0.5, 0.6) is 5.75 Å². The fourth-order valence-corrected chi connectivity index (χ4v) is 6.23. The molecule has 0 radical (unpaired) electrons. The standard InChI is InChI=1S/C27H40N7O7P/c1-18-29-16-34(30-18)24-22-21(20(38-9)14-28-24)19(23(35)25(36)32-12-10-31(8)11-13-32)15-33(22)17-39-42(37,40-26(2,3)4)41-27(5,6)7/h14-16H,10-13,17H2,1-9H3. The molecule has 0 N–H and O–H groups in total. The van der Waals surface area contributed by atoms with E-state index in [4.69, 9.17) is 18.3 Å². The van der Waals surface area contributed by atoms with E-state index in [-0.39, 0.29) is 18.0 Å². The zero-order valence-electron chi connectivity index (χ0n) is 25.7. The van der Waals surface area contributed by atoms with Gasteiger partial charge in [-0.2, -0.15) is 5.10 Å². The molecule has 3 aromatic rings. The highest BCUT2D eigenvalue weighted by molar-refractivity contribution is 7.48. The summed E-state index contributed by atoms with van der Waals surface area (Å²) in [5.41, 5.74) is -1.28. The van der Waals surface area contributed by atoms with Crippen molar-refractivity contribution in [3.05, 3.63) is 30.1 Å². The summed E-state index contributed by atoms with van der Waals surface area (Å²) in [6.45, 7) is 14.0. The van der Waals surface area contributed by atoms with Gasteiger partial charge in [0.2, 0.25) is 0 Å². The van der Waals surface area contributed by atoms with Gasteiger partial charge < -0.3 is 19.1 Å². The van der Waals surface area contributed by atoms with Gasteiger partial charge in [0, 0.05) is 32.4 Å². The van der Waals surface area contributed by atoms with Crippen LogP contribution in [0.25, 0.3) is 16.7 Å². The number of aromatic nitrogens is 5. The smallest absolute Gasteiger partial charge is 0.477 e. The predicted molar refractivity (Wildman–Crippen MR) is 155 cm³/mol. The van der Waals surface area contributed by atoms with Crippen LogP contribution in [0.15, 0.2) is 18.7 Å². The van der Waals surface area contributed by atoms with Crippen molar-refractivity contribution in [3.8, 4) is 11.6 Å². The third kappa shape index (κ3) is 7.24. The Balaban J connectivity index is 1.84. The molecule has 0 spiro atoms. The van der Waals surface area contributed by atoms with Crippen molar-refractivity contribution in [2.45, 2.75) is 66.4 Å². The molecule has 4 rings (SSSR count). The summed E-state index contributed by atoms with van der Waals surface area (Å²) in [5.74, 6) is -0.284. The first-order valence-electron chi connectivity index (χ1n) is 13.6.